The molecule has 90 valence electrons. The molecule has 1 N–H and O–H groups in total. The first-order chi connectivity index (χ1) is 7.81. The number of rotatable bonds is 4. The first-order valence-corrected chi connectivity index (χ1v) is 6.78. The van der Waals surface area contributed by atoms with Crippen molar-refractivity contribution in [2.24, 2.45) is 0 Å². The normalized spacial score (nSPS) is 17.9. The van der Waals surface area contributed by atoms with E-state index in [1.807, 2.05) is 7.05 Å². The molecule has 5 heteroatoms. The summed E-state index contributed by atoms with van der Waals surface area (Å²) in [5, 5.41) is 8.44. The Morgan fingerprint density at radius 1 is 1.38 bits per heavy atom. The number of nitrogens with one attached hydrogen (secondary N) is 1. The zero-order valence-corrected chi connectivity index (χ0v) is 10.9. The van der Waals surface area contributed by atoms with E-state index in [4.69, 9.17) is 0 Å². The van der Waals surface area contributed by atoms with Crippen molar-refractivity contribution in [2.45, 2.75) is 44.7 Å². The van der Waals surface area contributed by atoms with E-state index in [0.29, 0.717) is 0 Å². The van der Waals surface area contributed by atoms with Gasteiger partial charge in [-0.2, -0.15) is 0 Å². The van der Waals surface area contributed by atoms with Gasteiger partial charge >= 0.3 is 0 Å². The summed E-state index contributed by atoms with van der Waals surface area (Å²) in [6, 6.07) is 0.736. The van der Waals surface area contributed by atoms with Crippen molar-refractivity contribution in [2.75, 3.05) is 19.4 Å². The number of hydrogen-bond acceptors (Lipinski definition) is 5. The minimum Gasteiger partial charge on any atom is -0.377 e. The highest BCUT2D eigenvalue weighted by atomic mass is 32.1. The summed E-state index contributed by atoms with van der Waals surface area (Å²) >= 11 is 1.44. The second-order valence-corrected chi connectivity index (χ2v) is 5.26. The van der Waals surface area contributed by atoms with Crippen LogP contribution in [-0.2, 0) is 6.54 Å². The third kappa shape index (κ3) is 2.71. The molecule has 1 aromatic rings. The SMILES string of the molecule is CNc1snnc1CN(C)C1CCCCC1. The molecule has 0 radical (unpaired) electrons. The largest absolute Gasteiger partial charge is 0.377 e. The van der Waals surface area contributed by atoms with Crippen LogP contribution in [0.5, 0.6) is 0 Å². The van der Waals surface area contributed by atoms with Gasteiger partial charge in [-0.15, -0.1) is 5.10 Å². The van der Waals surface area contributed by atoms with Crippen LogP contribution in [0.2, 0.25) is 0 Å². The number of anilines is 1. The predicted octanol–water partition coefficient (Wildman–Crippen LogP) is 2.34. The van der Waals surface area contributed by atoms with Gasteiger partial charge in [-0.1, -0.05) is 23.8 Å². The Bertz CT molecular complexity index is 320. The van der Waals surface area contributed by atoms with Gasteiger partial charge in [-0.05, 0) is 19.9 Å². The Balaban J connectivity index is 1.93. The van der Waals surface area contributed by atoms with Crippen LogP contribution in [0.15, 0.2) is 0 Å². The van der Waals surface area contributed by atoms with E-state index < -0.39 is 0 Å². The van der Waals surface area contributed by atoms with Gasteiger partial charge < -0.3 is 5.32 Å². The summed E-state index contributed by atoms with van der Waals surface area (Å²) in [6.45, 7) is 0.914. The van der Waals surface area contributed by atoms with Crippen molar-refractivity contribution in [1.82, 2.24) is 14.5 Å². The van der Waals surface area contributed by atoms with Crippen molar-refractivity contribution >= 4 is 16.5 Å². The molecule has 0 atom stereocenters. The lowest BCUT2D eigenvalue weighted by molar-refractivity contribution is 0.183. The summed E-state index contributed by atoms with van der Waals surface area (Å²) in [6.07, 6.45) is 6.84. The van der Waals surface area contributed by atoms with Crippen molar-refractivity contribution in [1.29, 1.82) is 0 Å². The van der Waals surface area contributed by atoms with Crippen molar-refractivity contribution in [3.8, 4) is 0 Å². The Morgan fingerprint density at radius 2 is 2.12 bits per heavy atom. The molecule has 1 aliphatic carbocycles. The van der Waals surface area contributed by atoms with Crippen LogP contribution in [0, 0.1) is 0 Å². The number of nitrogens with zero attached hydrogens (tertiary/aromatic N) is 3. The van der Waals surface area contributed by atoms with Crippen molar-refractivity contribution in [3.63, 3.8) is 0 Å². The molecule has 16 heavy (non-hydrogen) atoms. The van der Waals surface area contributed by atoms with Crippen LogP contribution in [0.4, 0.5) is 5.00 Å². The fraction of sp³-hybridized carbons (Fsp3) is 0.818. The maximum atomic E-state index is 4.19. The molecule has 0 aliphatic heterocycles. The summed E-state index contributed by atoms with van der Waals surface area (Å²) in [7, 11) is 4.13. The zero-order chi connectivity index (χ0) is 11.4. The molecule has 4 nitrogen and oxygen atoms in total. The van der Waals surface area contributed by atoms with Gasteiger partial charge in [0.1, 0.15) is 10.7 Å². The molecule has 0 amide bonds. The third-order valence-corrected chi connectivity index (χ3v) is 4.17. The van der Waals surface area contributed by atoms with Crippen LogP contribution in [-0.4, -0.2) is 34.6 Å². The molecule has 1 fully saturated rings. The summed E-state index contributed by atoms with van der Waals surface area (Å²) < 4.78 is 3.99. The summed E-state index contributed by atoms with van der Waals surface area (Å²) in [5.41, 5.74) is 1.08. The zero-order valence-electron chi connectivity index (χ0n) is 10.1. The average Bonchev–Trinajstić information content (AvgIpc) is 2.77. The molecule has 1 saturated carbocycles. The van der Waals surface area contributed by atoms with E-state index in [1.165, 1.54) is 43.6 Å². The van der Waals surface area contributed by atoms with Gasteiger partial charge in [0.2, 0.25) is 0 Å². The fourth-order valence-corrected chi connectivity index (χ4v) is 2.91. The van der Waals surface area contributed by atoms with Crippen LogP contribution in [0.1, 0.15) is 37.8 Å². The third-order valence-electron chi connectivity index (χ3n) is 3.38. The van der Waals surface area contributed by atoms with E-state index in [2.05, 4.69) is 26.9 Å². The van der Waals surface area contributed by atoms with E-state index in [1.54, 1.807) is 0 Å². The highest BCUT2D eigenvalue weighted by Crippen LogP contribution is 2.24. The maximum Gasteiger partial charge on any atom is 0.134 e. The Labute approximate surface area is 101 Å². The van der Waals surface area contributed by atoms with Crippen LogP contribution in [0.3, 0.4) is 0 Å². The highest BCUT2D eigenvalue weighted by molar-refractivity contribution is 7.10. The molecule has 0 unspecified atom stereocenters. The van der Waals surface area contributed by atoms with Gasteiger partial charge in [0.05, 0.1) is 0 Å². The molecule has 0 spiro atoms. The second-order valence-electron chi connectivity index (χ2n) is 4.51. The van der Waals surface area contributed by atoms with Crippen LogP contribution in [0.25, 0.3) is 0 Å². The molecule has 0 saturated heterocycles. The topological polar surface area (TPSA) is 41.1 Å². The molecule has 2 rings (SSSR count). The molecular formula is C11H20N4S. The van der Waals surface area contributed by atoms with Gasteiger partial charge in [0.25, 0.3) is 0 Å². The number of aromatic nitrogens is 2. The average molecular weight is 240 g/mol. The summed E-state index contributed by atoms with van der Waals surface area (Å²) in [4.78, 5) is 2.43. The summed E-state index contributed by atoms with van der Waals surface area (Å²) in [5.74, 6) is 0. The molecule has 1 aromatic heterocycles. The minimum atomic E-state index is 0.736. The van der Waals surface area contributed by atoms with Crippen molar-refractivity contribution < 1.29 is 0 Å². The van der Waals surface area contributed by atoms with E-state index >= 15 is 0 Å². The Hall–Kier alpha value is -0.680. The fourth-order valence-electron chi connectivity index (χ4n) is 2.39. The van der Waals surface area contributed by atoms with Crippen LogP contribution < -0.4 is 5.32 Å². The molecule has 0 aromatic carbocycles. The molecule has 0 bridgehead atoms. The standard InChI is InChI=1S/C11H20N4S/c1-12-11-10(13-14-16-11)8-15(2)9-6-4-3-5-7-9/h9,12H,3-8H2,1-2H3. The Morgan fingerprint density at radius 3 is 2.81 bits per heavy atom. The van der Waals surface area contributed by atoms with Crippen molar-refractivity contribution in [3.05, 3.63) is 5.69 Å². The highest BCUT2D eigenvalue weighted by Gasteiger charge is 2.19. The van der Waals surface area contributed by atoms with Gasteiger partial charge in [-0.3, -0.25) is 4.90 Å². The second kappa shape index (κ2) is 5.59. The minimum absolute atomic E-state index is 0.736. The van der Waals surface area contributed by atoms with E-state index in [0.717, 1.165) is 23.3 Å². The van der Waals surface area contributed by atoms with E-state index in [9.17, 15) is 0 Å². The Kier molecular flexibility index (Phi) is 4.12. The first kappa shape index (κ1) is 11.8. The lowest BCUT2D eigenvalue weighted by atomic mass is 9.94. The quantitative estimate of drug-likeness (QED) is 0.877. The van der Waals surface area contributed by atoms with Gasteiger partial charge in [-0.25, -0.2) is 0 Å². The lowest BCUT2D eigenvalue weighted by Gasteiger charge is -2.30. The molecule has 1 heterocycles. The number of hydrogen-bond donors (Lipinski definition) is 1. The van der Waals surface area contributed by atoms with Gasteiger partial charge in [0.15, 0.2) is 0 Å². The monoisotopic (exact) mass is 240 g/mol. The smallest absolute Gasteiger partial charge is 0.134 e. The molecule has 1 aliphatic rings. The van der Waals surface area contributed by atoms with Gasteiger partial charge in [0, 0.05) is 31.2 Å². The predicted molar refractivity (Wildman–Crippen MR) is 67.8 cm³/mol. The van der Waals surface area contributed by atoms with Crippen LogP contribution >= 0.6 is 11.5 Å². The maximum absolute atomic E-state index is 4.19. The van der Waals surface area contributed by atoms with E-state index in [-0.39, 0.29) is 0 Å². The first-order valence-electron chi connectivity index (χ1n) is 6.00. The molecular weight excluding hydrogens is 220 g/mol. The lowest BCUT2D eigenvalue weighted by Crippen LogP contribution is -2.33.